The first-order valence-electron chi connectivity index (χ1n) is 11.1. The minimum atomic E-state index is -0.0962. The van der Waals surface area contributed by atoms with Gasteiger partial charge in [-0.1, -0.05) is 77.8 Å². The Kier molecular flexibility index (Phi) is 9.12. The molecule has 174 valence electrons. The van der Waals surface area contributed by atoms with Crippen LogP contribution in [0.2, 0.25) is 5.02 Å². The first kappa shape index (κ1) is 24.9. The van der Waals surface area contributed by atoms with Crippen molar-refractivity contribution in [3.8, 4) is 11.5 Å². The molecule has 2 N–H and O–H groups in total. The Morgan fingerprint density at radius 3 is 2.00 bits per heavy atom. The molecule has 1 amide bonds. The van der Waals surface area contributed by atoms with E-state index < -0.39 is 0 Å². The SMILES string of the molecule is CC(=O)Nc1ccccc1C(C)Nc1ccccc1Oc1ccc(Cl)cc1.Cc1ccccc1. The van der Waals surface area contributed by atoms with Gasteiger partial charge in [-0.25, -0.2) is 0 Å². The quantitative estimate of drug-likeness (QED) is 0.297. The minimum Gasteiger partial charge on any atom is -0.455 e. The summed E-state index contributed by atoms with van der Waals surface area (Å²) in [4.78, 5) is 11.5. The number of para-hydroxylation sites is 3. The largest absolute Gasteiger partial charge is 0.455 e. The second kappa shape index (κ2) is 12.5. The summed E-state index contributed by atoms with van der Waals surface area (Å²) in [5, 5.41) is 7.01. The summed E-state index contributed by atoms with van der Waals surface area (Å²) >= 11 is 5.94. The molecule has 0 aromatic heterocycles. The van der Waals surface area contributed by atoms with Crippen LogP contribution < -0.4 is 15.4 Å². The Balaban J connectivity index is 0.000000396. The van der Waals surface area contributed by atoms with Gasteiger partial charge in [-0.15, -0.1) is 0 Å². The molecule has 1 atom stereocenters. The average Bonchev–Trinajstić information content (AvgIpc) is 2.83. The van der Waals surface area contributed by atoms with E-state index in [-0.39, 0.29) is 11.9 Å². The van der Waals surface area contributed by atoms with E-state index in [0.29, 0.717) is 16.5 Å². The van der Waals surface area contributed by atoms with Crippen molar-refractivity contribution >= 4 is 28.9 Å². The van der Waals surface area contributed by atoms with Crippen molar-refractivity contribution in [2.45, 2.75) is 26.8 Å². The topological polar surface area (TPSA) is 50.4 Å². The van der Waals surface area contributed by atoms with E-state index in [9.17, 15) is 4.79 Å². The Labute approximate surface area is 206 Å². The lowest BCUT2D eigenvalue weighted by atomic mass is 10.1. The van der Waals surface area contributed by atoms with Gasteiger partial charge in [0.05, 0.1) is 11.7 Å². The van der Waals surface area contributed by atoms with Crippen LogP contribution in [0.1, 0.15) is 31.0 Å². The van der Waals surface area contributed by atoms with Gasteiger partial charge in [0.2, 0.25) is 5.91 Å². The van der Waals surface area contributed by atoms with Crippen molar-refractivity contribution < 1.29 is 9.53 Å². The highest BCUT2D eigenvalue weighted by Gasteiger charge is 2.13. The van der Waals surface area contributed by atoms with Crippen LogP contribution in [0.4, 0.5) is 11.4 Å². The molecule has 1 unspecified atom stereocenters. The Bertz CT molecular complexity index is 1190. The molecular formula is C29H29ClN2O2. The molecule has 0 heterocycles. The number of anilines is 2. The van der Waals surface area contributed by atoms with E-state index in [4.69, 9.17) is 16.3 Å². The smallest absolute Gasteiger partial charge is 0.221 e. The third kappa shape index (κ3) is 7.68. The molecule has 0 aliphatic carbocycles. The summed E-state index contributed by atoms with van der Waals surface area (Å²) in [5.74, 6) is 1.32. The molecule has 0 saturated heterocycles. The molecular weight excluding hydrogens is 444 g/mol. The number of carbonyl (C=O) groups excluding carboxylic acids is 1. The lowest BCUT2D eigenvalue weighted by Crippen LogP contribution is -2.13. The van der Waals surface area contributed by atoms with E-state index in [1.165, 1.54) is 12.5 Å². The monoisotopic (exact) mass is 472 g/mol. The number of hydrogen-bond donors (Lipinski definition) is 2. The Hall–Kier alpha value is -3.76. The zero-order valence-corrected chi connectivity index (χ0v) is 20.3. The predicted octanol–water partition coefficient (Wildman–Crippen LogP) is 8.26. The van der Waals surface area contributed by atoms with Gasteiger partial charge in [0.25, 0.3) is 0 Å². The van der Waals surface area contributed by atoms with E-state index in [2.05, 4.69) is 29.7 Å². The molecule has 0 saturated carbocycles. The van der Waals surface area contributed by atoms with Gasteiger partial charge in [0, 0.05) is 17.6 Å². The van der Waals surface area contributed by atoms with Crippen LogP contribution in [0.3, 0.4) is 0 Å². The van der Waals surface area contributed by atoms with E-state index in [0.717, 1.165) is 16.9 Å². The van der Waals surface area contributed by atoms with Gasteiger partial charge in [-0.3, -0.25) is 4.79 Å². The van der Waals surface area contributed by atoms with Crippen molar-refractivity contribution in [1.82, 2.24) is 0 Å². The molecule has 4 aromatic carbocycles. The van der Waals surface area contributed by atoms with Gasteiger partial charge < -0.3 is 15.4 Å². The van der Waals surface area contributed by atoms with Crippen LogP contribution in [-0.2, 0) is 4.79 Å². The second-order valence-electron chi connectivity index (χ2n) is 7.84. The highest BCUT2D eigenvalue weighted by Crippen LogP contribution is 2.33. The summed E-state index contributed by atoms with van der Waals surface area (Å²) in [7, 11) is 0. The number of halogens is 1. The van der Waals surface area contributed by atoms with Crippen LogP contribution in [0.15, 0.2) is 103 Å². The maximum Gasteiger partial charge on any atom is 0.221 e. The van der Waals surface area contributed by atoms with Gasteiger partial charge >= 0.3 is 0 Å². The van der Waals surface area contributed by atoms with Crippen LogP contribution >= 0.6 is 11.6 Å². The number of amides is 1. The number of rotatable bonds is 6. The lowest BCUT2D eigenvalue weighted by molar-refractivity contribution is -0.114. The van der Waals surface area contributed by atoms with Crippen molar-refractivity contribution in [1.29, 1.82) is 0 Å². The zero-order chi connectivity index (χ0) is 24.3. The Morgan fingerprint density at radius 1 is 0.794 bits per heavy atom. The molecule has 0 bridgehead atoms. The number of aryl methyl sites for hydroxylation is 1. The van der Waals surface area contributed by atoms with Gasteiger partial charge in [0.1, 0.15) is 5.75 Å². The molecule has 4 nitrogen and oxygen atoms in total. The summed E-state index contributed by atoms with van der Waals surface area (Å²) in [6.07, 6.45) is 0. The number of benzene rings is 4. The molecule has 0 spiro atoms. The maximum atomic E-state index is 11.5. The van der Waals surface area contributed by atoms with E-state index in [1.54, 1.807) is 12.1 Å². The molecule has 4 rings (SSSR count). The summed E-state index contributed by atoms with van der Waals surface area (Å²) in [6.45, 7) is 5.63. The fourth-order valence-electron chi connectivity index (χ4n) is 3.33. The highest BCUT2D eigenvalue weighted by molar-refractivity contribution is 6.30. The lowest BCUT2D eigenvalue weighted by Gasteiger charge is -2.21. The molecule has 5 heteroatoms. The van der Waals surface area contributed by atoms with Crippen LogP contribution in [0.5, 0.6) is 11.5 Å². The fraction of sp³-hybridized carbons (Fsp3) is 0.138. The first-order valence-corrected chi connectivity index (χ1v) is 11.5. The highest BCUT2D eigenvalue weighted by atomic mass is 35.5. The number of carbonyl (C=O) groups is 1. The third-order valence-corrected chi connectivity index (χ3v) is 5.23. The average molecular weight is 473 g/mol. The van der Waals surface area contributed by atoms with Crippen molar-refractivity contribution in [2.75, 3.05) is 10.6 Å². The number of ether oxygens (including phenoxy) is 1. The molecule has 0 aliphatic rings. The summed E-state index contributed by atoms with van der Waals surface area (Å²) in [6, 6.07) is 32.9. The molecule has 0 aliphatic heterocycles. The molecule has 0 radical (unpaired) electrons. The predicted molar refractivity (Wildman–Crippen MR) is 142 cm³/mol. The summed E-state index contributed by atoms with van der Waals surface area (Å²) < 4.78 is 6.01. The van der Waals surface area contributed by atoms with Crippen LogP contribution in [-0.4, -0.2) is 5.91 Å². The minimum absolute atomic E-state index is 0.0389. The normalized spacial score (nSPS) is 10.9. The van der Waals surface area contributed by atoms with Gasteiger partial charge in [-0.05, 0) is 61.9 Å². The molecule has 34 heavy (non-hydrogen) atoms. The Morgan fingerprint density at radius 2 is 1.38 bits per heavy atom. The second-order valence-corrected chi connectivity index (χ2v) is 8.28. The van der Waals surface area contributed by atoms with Gasteiger partial charge in [0.15, 0.2) is 5.75 Å². The first-order chi connectivity index (χ1) is 16.4. The van der Waals surface area contributed by atoms with Gasteiger partial charge in [-0.2, -0.15) is 0 Å². The van der Waals surface area contributed by atoms with Crippen molar-refractivity contribution in [2.24, 2.45) is 0 Å². The maximum absolute atomic E-state index is 11.5. The number of hydrogen-bond acceptors (Lipinski definition) is 3. The third-order valence-electron chi connectivity index (χ3n) is 4.98. The zero-order valence-electron chi connectivity index (χ0n) is 19.6. The summed E-state index contributed by atoms with van der Waals surface area (Å²) in [5.41, 5.74) is 3.97. The van der Waals surface area contributed by atoms with Crippen molar-refractivity contribution in [3.63, 3.8) is 0 Å². The van der Waals surface area contributed by atoms with Crippen LogP contribution in [0, 0.1) is 6.92 Å². The number of nitrogens with one attached hydrogen (secondary N) is 2. The fourth-order valence-corrected chi connectivity index (χ4v) is 3.45. The van der Waals surface area contributed by atoms with E-state index >= 15 is 0 Å². The molecule has 4 aromatic rings. The van der Waals surface area contributed by atoms with E-state index in [1.807, 2.05) is 85.8 Å². The van der Waals surface area contributed by atoms with Crippen LogP contribution in [0.25, 0.3) is 0 Å². The van der Waals surface area contributed by atoms with Crippen molar-refractivity contribution in [3.05, 3.63) is 119 Å². The molecule has 0 fully saturated rings. The standard InChI is InChI=1S/C22H21ClN2O2.C7H8/c1-15(19-7-3-4-8-20(19)25-16(2)26)24-21-9-5-6-10-22(21)27-18-13-11-17(23)12-14-18;1-7-5-3-2-4-6-7/h3-15,24H,1-2H3,(H,25,26);2-6H,1H3.